The Labute approximate surface area is 128 Å². The van der Waals surface area contributed by atoms with Crippen LogP contribution < -0.4 is 5.73 Å². The highest BCUT2D eigenvalue weighted by Crippen LogP contribution is 2.35. The van der Waals surface area contributed by atoms with Gasteiger partial charge in [0.05, 0.1) is 0 Å². The number of benzene rings is 1. The first-order valence-electron chi connectivity index (χ1n) is 7.98. The van der Waals surface area contributed by atoms with Crippen LogP contribution in [-0.2, 0) is 6.42 Å². The molecule has 0 amide bonds. The molecule has 0 spiro atoms. The Kier molecular flexibility index (Phi) is 5.51. The molecule has 1 saturated carbocycles. The maximum Gasteiger partial charge on any atom is 0.0441 e. The molecule has 0 heterocycles. The van der Waals surface area contributed by atoms with Crippen molar-refractivity contribution in [2.45, 2.75) is 58.9 Å². The molecule has 0 aromatic heterocycles. The molecule has 1 aromatic rings. The summed E-state index contributed by atoms with van der Waals surface area (Å²) in [6, 6.07) is 6.56. The summed E-state index contributed by atoms with van der Waals surface area (Å²) < 4.78 is 0. The average molecular weight is 294 g/mol. The Balaban J connectivity index is 1.91. The zero-order chi connectivity index (χ0) is 14.7. The van der Waals surface area contributed by atoms with Gasteiger partial charge < -0.3 is 5.73 Å². The fraction of sp³-hybridized carbons (Fsp3) is 0.667. The monoisotopic (exact) mass is 293 g/mol. The van der Waals surface area contributed by atoms with Gasteiger partial charge in [-0.05, 0) is 74.0 Å². The minimum absolute atomic E-state index is 0.253. The largest absolute Gasteiger partial charge is 0.327 e. The zero-order valence-electron chi connectivity index (χ0n) is 13.0. The molecule has 2 N–H and O–H groups in total. The molecule has 1 aliphatic rings. The number of halogens is 1. The molecule has 1 unspecified atom stereocenters. The van der Waals surface area contributed by atoms with Gasteiger partial charge in [0.1, 0.15) is 0 Å². The lowest BCUT2D eigenvalue weighted by molar-refractivity contribution is 0.202. The smallest absolute Gasteiger partial charge is 0.0441 e. The summed E-state index contributed by atoms with van der Waals surface area (Å²) in [7, 11) is 0. The summed E-state index contributed by atoms with van der Waals surface area (Å²) in [6.07, 6.45) is 6.17. The number of hydrogen-bond acceptors (Lipinski definition) is 1. The SMILES string of the molecule is Cc1ccc(CC(N)C2CCC(C(C)C)CC2)c(Cl)c1. The highest BCUT2D eigenvalue weighted by atomic mass is 35.5. The second kappa shape index (κ2) is 6.95. The Bertz CT molecular complexity index is 433. The third-order valence-corrected chi connectivity index (χ3v) is 5.38. The molecule has 1 atom stereocenters. The molecule has 0 saturated heterocycles. The topological polar surface area (TPSA) is 26.0 Å². The molecule has 20 heavy (non-hydrogen) atoms. The van der Waals surface area contributed by atoms with Crippen molar-refractivity contribution in [2.24, 2.45) is 23.5 Å². The first kappa shape index (κ1) is 15.9. The van der Waals surface area contributed by atoms with Gasteiger partial charge in [0.15, 0.2) is 0 Å². The van der Waals surface area contributed by atoms with Gasteiger partial charge in [-0.2, -0.15) is 0 Å². The van der Waals surface area contributed by atoms with Gasteiger partial charge in [0.25, 0.3) is 0 Å². The summed E-state index contributed by atoms with van der Waals surface area (Å²) in [5.41, 5.74) is 8.87. The normalized spacial score (nSPS) is 24.9. The lowest BCUT2D eigenvalue weighted by Crippen LogP contribution is -2.35. The number of rotatable bonds is 4. The highest BCUT2D eigenvalue weighted by molar-refractivity contribution is 6.31. The molecule has 2 heteroatoms. The van der Waals surface area contributed by atoms with E-state index in [9.17, 15) is 0 Å². The number of aryl methyl sites for hydroxylation is 1. The maximum atomic E-state index is 6.45. The van der Waals surface area contributed by atoms with Crippen molar-refractivity contribution < 1.29 is 0 Å². The Morgan fingerprint density at radius 3 is 2.30 bits per heavy atom. The quantitative estimate of drug-likeness (QED) is 0.832. The third-order valence-electron chi connectivity index (χ3n) is 5.03. The summed E-state index contributed by atoms with van der Waals surface area (Å²) >= 11 is 6.32. The van der Waals surface area contributed by atoms with Crippen LogP contribution in [0.15, 0.2) is 18.2 Å². The van der Waals surface area contributed by atoms with Crippen LogP contribution in [0.5, 0.6) is 0 Å². The van der Waals surface area contributed by atoms with E-state index in [-0.39, 0.29) is 6.04 Å². The van der Waals surface area contributed by atoms with Crippen LogP contribution in [0.2, 0.25) is 5.02 Å². The summed E-state index contributed by atoms with van der Waals surface area (Å²) in [5.74, 6) is 2.39. The first-order chi connectivity index (χ1) is 9.47. The van der Waals surface area contributed by atoms with Crippen molar-refractivity contribution in [3.05, 3.63) is 34.3 Å². The summed E-state index contributed by atoms with van der Waals surface area (Å²) in [6.45, 7) is 6.76. The van der Waals surface area contributed by atoms with E-state index in [2.05, 4.69) is 32.9 Å². The molecule has 0 bridgehead atoms. The second-order valence-electron chi connectivity index (χ2n) is 6.88. The van der Waals surface area contributed by atoms with Crippen molar-refractivity contribution in [1.82, 2.24) is 0 Å². The van der Waals surface area contributed by atoms with Crippen molar-refractivity contribution in [1.29, 1.82) is 0 Å². The average Bonchev–Trinajstić information content (AvgIpc) is 2.42. The molecule has 112 valence electrons. The molecule has 0 radical (unpaired) electrons. The first-order valence-corrected chi connectivity index (χ1v) is 8.35. The van der Waals surface area contributed by atoms with Crippen LogP contribution in [0.1, 0.15) is 50.7 Å². The van der Waals surface area contributed by atoms with Crippen LogP contribution in [0.4, 0.5) is 0 Å². The maximum absolute atomic E-state index is 6.45. The van der Waals surface area contributed by atoms with Crippen LogP contribution in [-0.4, -0.2) is 6.04 Å². The van der Waals surface area contributed by atoms with E-state index in [4.69, 9.17) is 17.3 Å². The molecule has 2 rings (SSSR count). The lowest BCUT2D eigenvalue weighted by Gasteiger charge is -2.34. The summed E-state index contributed by atoms with van der Waals surface area (Å²) in [4.78, 5) is 0. The van der Waals surface area contributed by atoms with E-state index >= 15 is 0 Å². The van der Waals surface area contributed by atoms with Crippen LogP contribution in [0.25, 0.3) is 0 Å². The molecular formula is C18H28ClN. The number of nitrogens with two attached hydrogens (primary N) is 1. The van der Waals surface area contributed by atoms with E-state index in [0.29, 0.717) is 5.92 Å². The van der Waals surface area contributed by atoms with Crippen molar-refractivity contribution in [2.75, 3.05) is 0 Å². The Hall–Kier alpha value is -0.530. The van der Waals surface area contributed by atoms with Crippen molar-refractivity contribution in [3.63, 3.8) is 0 Å². The Morgan fingerprint density at radius 2 is 1.75 bits per heavy atom. The lowest BCUT2D eigenvalue weighted by atomic mass is 9.74. The van der Waals surface area contributed by atoms with Gasteiger partial charge in [-0.3, -0.25) is 0 Å². The molecular weight excluding hydrogens is 266 g/mol. The van der Waals surface area contributed by atoms with Gasteiger partial charge in [0.2, 0.25) is 0 Å². The molecule has 1 aliphatic carbocycles. The fourth-order valence-electron chi connectivity index (χ4n) is 3.48. The van der Waals surface area contributed by atoms with Crippen LogP contribution >= 0.6 is 11.6 Å². The molecule has 1 aromatic carbocycles. The highest BCUT2D eigenvalue weighted by Gasteiger charge is 2.27. The van der Waals surface area contributed by atoms with Crippen molar-refractivity contribution in [3.8, 4) is 0 Å². The predicted molar refractivity (Wildman–Crippen MR) is 88.2 cm³/mol. The van der Waals surface area contributed by atoms with Gasteiger partial charge in [-0.25, -0.2) is 0 Å². The van der Waals surface area contributed by atoms with Gasteiger partial charge in [0, 0.05) is 11.1 Å². The van der Waals surface area contributed by atoms with Crippen molar-refractivity contribution >= 4 is 11.6 Å². The Morgan fingerprint density at radius 1 is 1.15 bits per heavy atom. The van der Waals surface area contributed by atoms with E-state index < -0.39 is 0 Å². The van der Waals surface area contributed by atoms with Crippen LogP contribution in [0, 0.1) is 24.7 Å². The molecule has 1 fully saturated rings. The predicted octanol–water partition coefficient (Wildman–Crippen LogP) is 4.98. The summed E-state index contributed by atoms with van der Waals surface area (Å²) in [5, 5.41) is 0.872. The molecule has 1 nitrogen and oxygen atoms in total. The zero-order valence-corrected chi connectivity index (χ0v) is 13.8. The van der Waals surface area contributed by atoms with Gasteiger partial charge in [-0.1, -0.05) is 37.6 Å². The van der Waals surface area contributed by atoms with E-state index in [1.54, 1.807) is 0 Å². The minimum atomic E-state index is 0.253. The minimum Gasteiger partial charge on any atom is -0.327 e. The van der Waals surface area contributed by atoms with Gasteiger partial charge in [-0.15, -0.1) is 0 Å². The van der Waals surface area contributed by atoms with Crippen LogP contribution in [0.3, 0.4) is 0 Å². The van der Waals surface area contributed by atoms with Gasteiger partial charge >= 0.3 is 0 Å². The standard InChI is InChI=1S/C18H28ClN/c1-12(2)14-6-8-15(9-7-14)18(20)11-16-5-4-13(3)10-17(16)19/h4-5,10,12,14-15,18H,6-9,11,20H2,1-3H3. The van der Waals surface area contributed by atoms with E-state index in [1.807, 2.05) is 6.07 Å². The van der Waals surface area contributed by atoms with E-state index in [1.165, 1.54) is 36.8 Å². The second-order valence-corrected chi connectivity index (χ2v) is 7.29. The molecule has 0 aliphatic heterocycles. The third kappa shape index (κ3) is 3.99. The van der Waals surface area contributed by atoms with E-state index in [0.717, 1.165) is 23.3 Å². The fourth-order valence-corrected chi connectivity index (χ4v) is 3.79. The number of hydrogen-bond donors (Lipinski definition) is 1.